The third kappa shape index (κ3) is 5.71. The van der Waals surface area contributed by atoms with E-state index >= 15 is 0 Å². The van der Waals surface area contributed by atoms with E-state index in [-0.39, 0.29) is 17.0 Å². The molecule has 0 aliphatic carbocycles. The van der Waals surface area contributed by atoms with Crippen molar-refractivity contribution in [2.45, 2.75) is 24.5 Å². The fourth-order valence-corrected chi connectivity index (χ4v) is 5.65. The molecular formula is C10H16N5O13P3. The number of ether oxygens (including phenoxy) is 1. The maximum atomic E-state index is 11.8. The van der Waals surface area contributed by atoms with Gasteiger partial charge in [0.2, 0.25) is 0 Å². The number of nitrogen functional groups attached to an aromatic ring is 1. The number of hydrogen-bond donors (Lipinski definition) is 7. The summed E-state index contributed by atoms with van der Waals surface area (Å²) in [5.74, 6) is 0.0426. The van der Waals surface area contributed by atoms with Crippen LogP contribution in [0.25, 0.3) is 11.2 Å². The number of aliphatic hydroxyl groups is 2. The summed E-state index contributed by atoms with van der Waals surface area (Å²) in [6.07, 6.45) is -3.69. The highest BCUT2D eigenvalue weighted by atomic mass is 31.3. The van der Waals surface area contributed by atoms with Crippen molar-refractivity contribution < 1.29 is 61.4 Å². The third-order valence-electron chi connectivity index (χ3n) is 3.82. The molecule has 6 atom stereocenters. The van der Waals surface area contributed by atoms with Crippen LogP contribution in [-0.4, -0.2) is 74.2 Å². The Balaban J connectivity index is 1.69. The van der Waals surface area contributed by atoms with Gasteiger partial charge in [-0.25, -0.2) is 28.6 Å². The molecule has 2 aromatic heterocycles. The van der Waals surface area contributed by atoms with Crippen LogP contribution in [0.1, 0.15) is 6.23 Å². The number of rotatable bonds is 8. The van der Waals surface area contributed by atoms with E-state index in [4.69, 9.17) is 25.2 Å². The Kier molecular flexibility index (Phi) is 6.68. The first kappa shape index (κ1) is 24.3. The van der Waals surface area contributed by atoms with Gasteiger partial charge in [-0.15, -0.1) is 0 Å². The highest BCUT2D eigenvalue weighted by Crippen LogP contribution is 2.66. The summed E-state index contributed by atoms with van der Waals surface area (Å²) in [6.45, 7) is -0.956. The third-order valence-corrected chi connectivity index (χ3v) is 7.62. The van der Waals surface area contributed by atoms with Crippen molar-refractivity contribution in [3.8, 4) is 0 Å². The van der Waals surface area contributed by atoms with Crippen LogP contribution in [0.4, 0.5) is 5.82 Å². The van der Waals surface area contributed by atoms with E-state index in [1.165, 1.54) is 10.9 Å². The van der Waals surface area contributed by atoms with Gasteiger partial charge in [0.1, 0.15) is 30.2 Å². The molecule has 0 radical (unpaired) electrons. The van der Waals surface area contributed by atoms with Crippen LogP contribution < -0.4 is 5.73 Å². The van der Waals surface area contributed by atoms with Gasteiger partial charge in [0, 0.05) is 0 Å². The van der Waals surface area contributed by atoms with Gasteiger partial charge in [-0.05, 0) is 0 Å². The van der Waals surface area contributed by atoms with Crippen molar-refractivity contribution in [1.82, 2.24) is 19.5 Å². The molecule has 1 aliphatic heterocycles. The molecule has 1 fully saturated rings. The minimum atomic E-state index is -5.70. The molecule has 174 valence electrons. The lowest BCUT2D eigenvalue weighted by Gasteiger charge is -2.19. The van der Waals surface area contributed by atoms with E-state index in [2.05, 4.69) is 28.1 Å². The standard InChI is InChI=1S/C10H16N5O13P3/c11-8-5-9(13-2-12-8)15(3-14-5)10-7(17)6(16)4(26-10)1-25-30(21,22)28-31(23,24)27-29(18,19)20/h2-4,6-7,10,16-17H,1H2,(H,21,22)(H,23,24)(H2,11,12,13)(H2,18,19,20)/t4-,6?,7+,10-/m0/s1. The number of nitrogens with two attached hydrogens (primary N) is 1. The minimum absolute atomic E-state index is 0.0426. The predicted molar refractivity (Wildman–Crippen MR) is 95.5 cm³/mol. The zero-order chi connectivity index (χ0) is 23.2. The number of aromatic nitrogens is 4. The summed E-state index contributed by atoms with van der Waals surface area (Å²) >= 11 is 0. The quantitative estimate of drug-likeness (QED) is 0.197. The van der Waals surface area contributed by atoms with E-state index < -0.39 is 54.6 Å². The highest BCUT2D eigenvalue weighted by molar-refractivity contribution is 7.66. The van der Waals surface area contributed by atoms with Crippen molar-refractivity contribution in [3.63, 3.8) is 0 Å². The Bertz CT molecular complexity index is 1100. The number of fused-ring (bicyclic) bond motifs is 1. The fourth-order valence-electron chi connectivity index (χ4n) is 2.62. The normalized spacial score (nSPS) is 28.5. The average Bonchev–Trinajstić information content (AvgIpc) is 3.13. The van der Waals surface area contributed by atoms with Crippen LogP contribution in [0.15, 0.2) is 12.7 Å². The largest absolute Gasteiger partial charge is 0.490 e. The van der Waals surface area contributed by atoms with Gasteiger partial charge in [0.25, 0.3) is 0 Å². The van der Waals surface area contributed by atoms with Crippen LogP contribution in [-0.2, 0) is 31.6 Å². The summed E-state index contributed by atoms with van der Waals surface area (Å²) in [4.78, 5) is 47.2. The lowest BCUT2D eigenvalue weighted by molar-refractivity contribution is -0.0503. The molecule has 0 amide bonds. The molecule has 8 N–H and O–H groups in total. The average molecular weight is 507 g/mol. The number of phosphoric ester groups is 1. The van der Waals surface area contributed by atoms with E-state index in [9.17, 15) is 28.8 Å². The molecule has 18 nitrogen and oxygen atoms in total. The second kappa shape index (κ2) is 8.53. The highest BCUT2D eigenvalue weighted by Gasteiger charge is 2.47. The van der Waals surface area contributed by atoms with Gasteiger partial charge in [0.05, 0.1) is 12.9 Å². The first-order chi connectivity index (χ1) is 14.2. The molecule has 1 aliphatic rings. The van der Waals surface area contributed by atoms with Gasteiger partial charge in [0.15, 0.2) is 17.7 Å². The van der Waals surface area contributed by atoms with Crippen molar-refractivity contribution in [2.24, 2.45) is 0 Å². The molecule has 3 heterocycles. The lowest BCUT2D eigenvalue weighted by Crippen LogP contribution is -2.33. The minimum Gasteiger partial charge on any atom is -0.387 e. The molecular weight excluding hydrogens is 491 g/mol. The first-order valence-electron chi connectivity index (χ1n) is 7.92. The van der Waals surface area contributed by atoms with E-state index in [1.807, 2.05) is 0 Å². The predicted octanol–water partition coefficient (Wildman–Crippen LogP) is -1.63. The molecule has 3 rings (SSSR count). The molecule has 3 unspecified atom stereocenters. The first-order valence-corrected chi connectivity index (χ1v) is 12.4. The van der Waals surface area contributed by atoms with Crippen LogP contribution in [0.5, 0.6) is 0 Å². The van der Waals surface area contributed by atoms with Crippen LogP contribution in [0.2, 0.25) is 0 Å². The Morgan fingerprint density at radius 1 is 1.03 bits per heavy atom. The molecule has 1 saturated heterocycles. The number of nitrogens with zero attached hydrogens (tertiary/aromatic N) is 4. The fraction of sp³-hybridized carbons (Fsp3) is 0.500. The molecule has 21 heteroatoms. The van der Waals surface area contributed by atoms with Gasteiger partial charge in [-0.2, -0.15) is 8.62 Å². The zero-order valence-corrected chi connectivity index (χ0v) is 17.6. The Morgan fingerprint density at radius 2 is 1.71 bits per heavy atom. The van der Waals surface area contributed by atoms with Gasteiger partial charge in [-0.1, -0.05) is 0 Å². The maximum absolute atomic E-state index is 11.8. The molecule has 31 heavy (non-hydrogen) atoms. The number of aliphatic hydroxyl groups excluding tert-OH is 2. The SMILES string of the molecule is Nc1ncnc2c1ncn2[C@H]1O[C@@H](COP(=O)(O)OP(=O)(O)OP(=O)(O)O)C(O)[C@H]1O. The van der Waals surface area contributed by atoms with Gasteiger partial charge in [-0.3, -0.25) is 9.09 Å². The molecule has 2 aromatic rings. The smallest absolute Gasteiger partial charge is 0.387 e. The summed E-state index contributed by atoms with van der Waals surface area (Å²) in [5.41, 5.74) is 6.00. The Morgan fingerprint density at radius 3 is 2.35 bits per heavy atom. The molecule has 0 bridgehead atoms. The number of imidazole rings is 1. The van der Waals surface area contributed by atoms with E-state index in [0.29, 0.717) is 0 Å². The maximum Gasteiger partial charge on any atom is 0.490 e. The molecule has 0 spiro atoms. The summed E-state index contributed by atoms with van der Waals surface area (Å²) in [7, 11) is -16.7. The van der Waals surface area contributed by atoms with Crippen molar-refractivity contribution in [1.29, 1.82) is 0 Å². The van der Waals surface area contributed by atoms with E-state index in [1.54, 1.807) is 0 Å². The van der Waals surface area contributed by atoms with Crippen LogP contribution in [0.3, 0.4) is 0 Å². The molecule has 0 saturated carbocycles. The Hall–Kier alpha value is -1.36. The summed E-state index contributed by atoms with van der Waals surface area (Å²) in [5, 5.41) is 20.4. The lowest BCUT2D eigenvalue weighted by atomic mass is 10.1. The second-order valence-corrected chi connectivity index (χ2v) is 10.4. The molecule has 0 aromatic carbocycles. The number of phosphoric acid groups is 3. The van der Waals surface area contributed by atoms with E-state index in [0.717, 1.165) is 6.33 Å². The van der Waals surface area contributed by atoms with Crippen molar-refractivity contribution in [2.75, 3.05) is 12.3 Å². The monoisotopic (exact) mass is 507 g/mol. The second-order valence-electron chi connectivity index (χ2n) is 6.02. The van der Waals surface area contributed by atoms with Crippen LogP contribution >= 0.6 is 23.5 Å². The Labute approximate surface area is 171 Å². The summed E-state index contributed by atoms with van der Waals surface area (Å²) in [6, 6.07) is 0. The van der Waals surface area contributed by atoms with Crippen LogP contribution in [0, 0.1) is 0 Å². The van der Waals surface area contributed by atoms with Gasteiger partial charge < -0.3 is 40.3 Å². The van der Waals surface area contributed by atoms with Crippen molar-refractivity contribution >= 4 is 40.4 Å². The van der Waals surface area contributed by atoms with Gasteiger partial charge >= 0.3 is 23.5 Å². The number of hydrogen-bond acceptors (Lipinski definition) is 13. The summed E-state index contributed by atoms with van der Waals surface area (Å²) < 4.78 is 51.9. The zero-order valence-electron chi connectivity index (χ0n) is 14.9. The topological polar surface area (TPSA) is 279 Å². The van der Waals surface area contributed by atoms with Crippen molar-refractivity contribution in [3.05, 3.63) is 12.7 Å². The number of anilines is 1.